The average Bonchev–Trinajstić information content (AvgIpc) is 2.71. The van der Waals surface area contributed by atoms with Gasteiger partial charge in [0.25, 0.3) is 0 Å². The van der Waals surface area contributed by atoms with Crippen molar-refractivity contribution in [2.75, 3.05) is 66.3 Å². The van der Waals surface area contributed by atoms with Gasteiger partial charge < -0.3 is 30.2 Å². The summed E-state index contributed by atoms with van der Waals surface area (Å²) in [7, 11) is 1.93. The first-order valence-electron chi connectivity index (χ1n) is 11.1. The zero-order valence-corrected chi connectivity index (χ0v) is 18.6. The molecule has 0 aromatic rings. The van der Waals surface area contributed by atoms with Gasteiger partial charge in [-0.1, -0.05) is 19.8 Å². The van der Waals surface area contributed by atoms with Gasteiger partial charge in [0.1, 0.15) is 0 Å². The quantitative estimate of drug-likeness (QED) is 0.232. The first-order valence-corrected chi connectivity index (χ1v) is 11.1. The van der Waals surface area contributed by atoms with Crippen molar-refractivity contribution in [1.29, 1.82) is 0 Å². The van der Waals surface area contributed by atoms with Gasteiger partial charge in [0.2, 0.25) is 11.8 Å². The van der Waals surface area contributed by atoms with E-state index in [1.165, 1.54) is 0 Å². The van der Waals surface area contributed by atoms with Crippen LogP contribution in [0.5, 0.6) is 0 Å². The first-order chi connectivity index (χ1) is 14.2. The topological polar surface area (TPSA) is 97.9 Å². The van der Waals surface area contributed by atoms with Gasteiger partial charge in [-0.2, -0.15) is 0 Å². The van der Waals surface area contributed by atoms with Gasteiger partial charge in [-0.25, -0.2) is 0 Å². The van der Waals surface area contributed by atoms with E-state index in [1.54, 1.807) is 0 Å². The maximum absolute atomic E-state index is 11.7. The Morgan fingerprint density at radius 3 is 1.62 bits per heavy atom. The van der Waals surface area contributed by atoms with Crippen molar-refractivity contribution < 1.29 is 23.8 Å². The monoisotopic (exact) mass is 417 g/mol. The van der Waals surface area contributed by atoms with Crippen molar-refractivity contribution >= 4 is 11.8 Å². The lowest BCUT2D eigenvalue weighted by molar-refractivity contribution is -0.122. The highest BCUT2D eigenvalue weighted by atomic mass is 16.5. The summed E-state index contributed by atoms with van der Waals surface area (Å²) in [5, 5.41) is 8.81. The van der Waals surface area contributed by atoms with Crippen molar-refractivity contribution in [2.45, 2.75) is 58.3 Å². The number of rotatable bonds is 22. The standard InChI is InChI=1S/C21H43N3O5/c1-3-4-5-12-23-20(25)9-6-10-21(26)24-13-8-15-28-17-19-29-18-16-27-14-7-11-22-2/h22H,3-19H2,1-2H3,(H,23,25)(H,24,26). The van der Waals surface area contributed by atoms with Gasteiger partial charge in [-0.3, -0.25) is 9.59 Å². The van der Waals surface area contributed by atoms with Crippen LogP contribution in [0, 0.1) is 0 Å². The largest absolute Gasteiger partial charge is 0.379 e. The lowest BCUT2D eigenvalue weighted by atomic mass is 10.2. The van der Waals surface area contributed by atoms with Crippen molar-refractivity contribution in [3.8, 4) is 0 Å². The van der Waals surface area contributed by atoms with E-state index in [-0.39, 0.29) is 11.8 Å². The zero-order valence-electron chi connectivity index (χ0n) is 18.6. The van der Waals surface area contributed by atoms with E-state index < -0.39 is 0 Å². The molecular weight excluding hydrogens is 374 g/mol. The minimum absolute atomic E-state index is 0.0122. The van der Waals surface area contributed by atoms with Crippen LogP contribution in [0.3, 0.4) is 0 Å². The number of carbonyl (C=O) groups excluding carboxylic acids is 2. The summed E-state index contributed by atoms with van der Waals surface area (Å²) in [4.78, 5) is 23.3. The van der Waals surface area contributed by atoms with E-state index >= 15 is 0 Å². The molecule has 0 aliphatic heterocycles. The molecule has 8 nitrogen and oxygen atoms in total. The Balaban J connectivity index is 3.24. The Bertz CT molecular complexity index is 383. The normalized spacial score (nSPS) is 10.8. The predicted octanol–water partition coefficient (Wildman–Crippen LogP) is 1.63. The highest BCUT2D eigenvalue weighted by molar-refractivity contribution is 5.78. The van der Waals surface area contributed by atoms with E-state index in [2.05, 4.69) is 22.9 Å². The van der Waals surface area contributed by atoms with Crippen LogP contribution >= 0.6 is 0 Å². The predicted molar refractivity (Wildman–Crippen MR) is 115 cm³/mol. The second-order valence-electron chi connectivity index (χ2n) is 6.91. The fourth-order valence-electron chi connectivity index (χ4n) is 2.48. The molecule has 0 saturated carbocycles. The van der Waals surface area contributed by atoms with Crippen LogP contribution in [0.2, 0.25) is 0 Å². The fourth-order valence-corrected chi connectivity index (χ4v) is 2.48. The maximum atomic E-state index is 11.7. The molecule has 172 valence electrons. The van der Waals surface area contributed by atoms with Crippen LogP contribution in [0.15, 0.2) is 0 Å². The van der Waals surface area contributed by atoms with Gasteiger partial charge in [-0.05, 0) is 39.3 Å². The van der Waals surface area contributed by atoms with Crippen molar-refractivity contribution in [3.63, 3.8) is 0 Å². The molecule has 0 spiro atoms. The molecule has 0 unspecified atom stereocenters. The first kappa shape index (κ1) is 27.8. The fraction of sp³-hybridized carbons (Fsp3) is 0.905. The van der Waals surface area contributed by atoms with E-state index in [0.717, 1.165) is 51.8 Å². The molecule has 0 radical (unpaired) electrons. The Morgan fingerprint density at radius 1 is 0.621 bits per heavy atom. The smallest absolute Gasteiger partial charge is 0.220 e. The molecule has 0 aromatic heterocycles. The highest BCUT2D eigenvalue weighted by Crippen LogP contribution is 1.97. The summed E-state index contributed by atoms with van der Waals surface area (Å²) in [6, 6.07) is 0. The van der Waals surface area contributed by atoms with E-state index in [4.69, 9.17) is 14.2 Å². The molecule has 0 aromatic carbocycles. The molecule has 0 heterocycles. The lowest BCUT2D eigenvalue weighted by Crippen LogP contribution is -2.27. The average molecular weight is 418 g/mol. The second-order valence-corrected chi connectivity index (χ2v) is 6.91. The molecule has 0 aliphatic carbocycles. The zero-order chi connectivity index (χ0) is 21.4. The maximum Gasteiger partial charge on any atom is 0.220 e. The number of hydrogen-bond donors (Lipinski definition) is 3. The van der Waals surface area contributed by atoms with Gasteiger partial charge in [0.15, 0.2) is 0 Å². The molecule has 0 aliphatic rings. The van der Waals surface area contributed by atoms with Crippen LogP contribution in [-0.4, -0.2) is 78.1 Å². The van der Waals surface area contributed by atoms with Crippen LogP contribution < -0.4 is 16.0 Å². The Kier molecular flexibility index (Phi) is 22.1. The lowest BCUT2D eigenvalue weighted by Gasteiger charge is -2.08. The minimum Gasteiger partial charge on any atom is -0.379 e. The van der Waals surface area contributed by atoms with Gasteiger partial charge in [0.05, 0.1) is 26.4 Å². The second kappa shape index (κ2) is 23.1. The summed E-state index contributed by atoms with van der Waals surface area (Å²) in [6.45, 7) is 8.03. The van der Waals surface area contributed by atoms with E-state index in [9.17, 15) is 9.59 Å². The third-order valence-electron chi connectivity index (χ3n) is 4.16. The number of unbranched alkanes of at least 4 members (excludes halogenated alkanes) is 2. The van der Waals surface area contributed by atoms with Crippen LogP contribution in [0.25, 0.3) is 0 Å². The number of hydrogen-bond acceptors (Lipinski definition) is 6. The Hall–Kier alpha value is -1.22. The van der Waals surface area contributed by atoms with Crippen molar-refractivity contribution in [1.82, 2.24) is 16.0 Å². The molecule has 8 heteroatoms. The van der Waals surface area contributed by atoms with Gasteiger partial charge in [-0.15, -0.1) is 0 Å². The summed E-state index contributed by atoms with van der Waals surface area (Å²) >= 11 is 0. The highest BCUT2D eigenvalue weighted by Gasteiger charge is 2.04. The third kappa shape index (κ3) is 22.9. The number of amides is 2. The molecule has 0 atom stereocenters. The summed E-state index contributed by atoms with van der Waals surface area (Å²) in [6.07, 6.45) is 6.43. The molecule has 29 heavy (non-hydrogen) atoms. The van der Waals surface area contributed by atoms with Gasteiger partial charge in [0, 0.05) is 39.1 Å². The molecule has 0 saturated heterocycles. The third-order valence-corrected chi connectivity index (χ3v) is 4.16. The molecule has 0 fully saturated rings. The molecule has 2 amide bonds. The summed E-state index contributed by atoms with van der Waals surface area (Å²) in [5.41, 5.74) is 0. The molecule has 0 rings (SSSR count). The summed E-state index contributed by atoms with van der Waals surface area (Å²) in [5.74, 6) is 0.0201. The van der Waals surface area contributed by atoms with E-state index in [0.29, 0.717) is 58.8 Å². The van der Waals surface area contributed by atoms with Gasteiger partial charge >= 0.3 is 0 Å². The number of nitrogens with one attached hydrogen (secondary N) is 3. The van der Waals surface area contributed by atoms with Crippen LogP contribution in [0.1, 0.15) is 58.3 Å². The molecule has 3 N–H and O–H groups in total. The minimum atomic E-state index is -0.0122. The van der Waals surface area contributed by atoms with Crippen LogP contribution in [0.4, 0.5) is 0 Å². The van der Waals surface area contributed by atoms with Crippen molar-refractivity contribution in [3.05, 3.63) is 0 Å². The number of carbonyl (C=O) groups is 2. The van der Waals surface area contributed by atoms with Crippen LogP contribution in [-0.2, 0) is 23.8 Å². The van der Waals surface area contributed by atoms with E-state index in [1.807, 2.05) is 7.05 Å². The molecule has 0 bridgehead atoms. The van der Waals surface area contributed by atoms with Crippen molar-refractivity contribution in [2.24, 2.45) is 0 Å². The number of ether oxygens (including phenoxy) is 3. The summed E-state index contributed by atoms with van der Waals surface area (Å²) < 4.78 is 16.3. The Labute approximate surface area is 176 Å². The molecular formula is C21H43N3O5. The SMILES string of the molecule is CCCCCNC(=O)CCCC(=O)NCCCOCCOCCOCCCNC. The Morgan fingerprint density at radius 2 is 1.10 bits per heavy atom.